The van der Waals surface area contributed by atoms with Gasteiger partial charge in [0.1, 0.15) is 11.4 Å². The van der Waals surface area contributed by atoms with Gasteiger partial charge in [0, 0.05) is 0 Å². The monoisotopic (exact) mass is 275 g/mol. The van der Waals surface area contributed by atoms with Crippen LogP contribution in [0.4, 0.5) is 4.39 Å². The topological polar surface area (TPSA) is 44.0 Å². The first kappa shape index (κ1) is 15.0. The molecule has 0 aromatic heterocycles. The largest absolute Gasteiger partial charge is 0.384 e. The Morgan fingerprint density at radius 2 is 1.90 bits per heavy atom. The van der Waals surface area contributed by atoms with Crippen LogP contribution < -0.4 is 0 Å². The van der Waals surface area contributed by atoms with Crippen LogP contribution in [0.5, 0.6) is 0 Å². The molecule has 0 amide bonds. The highest BCUT2D eigenvalue weighted by Gasteiger charge is 2.50. The molecule has 1 aliphatic carbocycles. The average Bonchev–Trinajstić information content (AvgIpc) is 2.47. The minimum absolute atomic E-state index is 0.328. The van der Waals surface area contributed by atoms with Crippen LogP contribution in [-0.4, -0.2) is 5.11 Å². The summed E-state index contributed by atoms with van der Waals surface area (Å²) in [7, 11) is 0. The summed E-state index contributed by atoms with van der Waals surface area (Å²) in [4.78, 5) is 0. The first-order valence-corrected chi connectivity index (χ1v) is 7.35. The average molecular weight is 275 g/mol. The number of rotatable bonds is 3. The lowest BCUT2D eigenvalue weighted by atomic mass is 9.60. The van der Waals surface area contributed by atoms with E-state index in [0.717, 1.165) is 19.3 Å². The smallest absolute Gasteiger partial charge is 0.123 e. The molecule has 0 aliphatic heterocycles. The maximum atomic E-state index is 13.0. The van der Waals surface area contributed by atoms with Gasteiger partial charge in [0.2, 0.25) is 0 Å². The van der Waals surface area contributed by atoms with Crippen molar-refractivity contribution in [3.05, 3.63) is 35.6 Å². The molecule has 1 aromatic rings. The van der Waals surface area contributed by atoms with E-state index in [1.807, 2.05) is 0 Å². The fourth-order valence-corrected chi connectivity index (χ4v) is 3.34. The Labute approximate surface area is 120 Å². The van der Waals surface area contributed by atoms with Crippen molar-refractivity contribution in [2.75, 3.05) is 0 Å². The second kappa shape index (κ2) is 5.54. The van der Waals surface area contributed by atoms with Crippen molar-refractivity contribution in [1.82, 2.24) is 0 Å². The Morgan fingerprint density at radius 3 is 2.35 bits per heavy atom. The molecule has 3 heteroatoms. The molecule has 1 unspecified atom stereocenters. The molecule has 0 radical (unpaired) electrons. The summed E-state index contributed by atoms with van der Waals surface area (Å²) < 4.78 is 13.0. The molecule has 2 nitrogen and oxygen atoms in total. The Morgan fingerprint density at radius 1 is 1.35 bits per heavy atom. The Balaban J connectivity index is 2.31. The molecule has 2 rings (SSSR count). The summed E-state index contributed by atoms with van der Waals surface area (Å²) in [5, 5.41) is 20.6. The van der Waals surface area contributed by atoms with Crippen molar-refractivity contribution in [3.63, 3.8) is 0 Å². The Hall–Kier alpha value is -1.40. The van der Waals surface area contributed by atoms with Gasteiger partial charge in [-0.1, -0.05) is 25.5 Å². The zero-order chi connectivity index (χ0) is 14.8. The first-order chi connectivity index (χ1) is 9.45. The van der Waals surface area contributed by atoms with E-state index in [0.29, 0.717) is 24.3 Å². The molecule has 0 bridgehead atoms. The van der Waals surface area contributed by atoms with Crippen molar-refractivity contribution >= 4 is 0 Å². The molecule has 1 saturated carbocycles. The van der Waals surface area contributed by atoms with Gasteiger partial charge in [0.25, 0.3) is 0 Å². The Bertz CT molecular complexity index is 493. The number of nitriles is 1. The summed E-state index contributed by atoms with van der Waals surface area (Å²) >= 11 is 0. The zero-order valence-corrected chi connectivity index (χ0v) is 12.2. The summed E-state index contributed by atoms with van der Waals surface area (Å²) in [6.45, 7) is 3.86. The van der Waals surface area contributed by atoms with Crippen LogP contribution in [-0.2, 0) is 5.60 Å². The molecule has 1 N–H and O–H groups in total. The van der Waals surface area contributed by atoms with Crippen molar-refractivity contribution < 1.29 is 9.50 Å². The van der Waals surface area contributed by atoms with E-state index in [-0.39, 0.29) is 5.82 Å². The van der Waals surface area contributed by atoms with Crippen molar-refractivity contribution in [3.8, 4) is 6.07 Å². The highest BCUT2D eigenvalue weighted by Crippen LogP contribution is 2.51. The van der Waals surface area contributed by atoms with Gasteiger partial charge >= 0.3 is 0 Å². The highest BCUT2D eigenvalue weighted by molar-refractivity contribution is 5.29. The summed E-state index contributed by atoms with van der Waals surface area (Å²) in [6.07, 6.45) is 4.47. The molecule has 0 heterocycles. The van der Waals surface area contributed by atoms with Crippen LogP contribution in [0.25, 0.3) is 0 Å². The van der Waals surface area contributed by atoms with Gasteiger partial charge in [-0.2, -0.15) is 5.26 Å². The molecule has 1 fully saturated rings. The van der Waals surface area contributed by atoms with Gasteiger partial charge in [-0.25, -0.2) is 4.39 Å². The van der Waals surface area contributed by atoms with Crippen LogP contribution in [0.2, 0.25) is 0 Å². The molecule has 0 spiro atoms. The first-order valence-electron chi connectivity index (χ1n) is 7.35. The highest BCUT2D eigenvalue weighted by atomic mass is 19.1. The van der Waals surface area contributed by atoms with Crippen molar-refractivity contribution in [2.45, 2.75) is 51.6 Å². The third kappa shape index (κ3) is 2.45. The molecule has 1 aliphatic rings. The van der Waals surface area contributed by atoms with Crippen LogP contribution >= 0.6 is 0 Å². The minimum Gasteiger partial charge on any atom is -0.384 e. The van der Waals surface area contributed by atoms with Crippen LogP contribution in [0.15, 0.2) is 24.3 Å². The predicted octanol–water partition coefficient (Wildman–Crippen LogP) is 4.14. The SMILES string of the molecule is CCC1CCC(C#N)(C(C)(O)c2ccc(F)cc2)CC1. The maximum absolute atomic E-state index is 13.0. The van der Waals surface area contributed by atoms with Crippen molar-refractivity contribution in [1.29, 1.82) is 5.26 Å². The fraction of sp³-hybridized carbons (Fsp3) is 0.588. The minimum atomic E-state index is -1.24. The fourth-order valence-electron chi connectivity index (χ4n) is 3.34. The molecular formula is C17H22FNO. The molecule has 108 valence electrons. The van der Waals surface area contributed by atoms with Gasteiger partial charge in [-0.3, -0.25) is 0 Å². The van der Waals surface area contributed by atoms with E-state index in [1.54, 1.807) is 19.1 Å². The van der Waals surface area contributed by atoms with E-state index >= 15 is 0 Å². The predicted molar refractivity (Wildman–Crippen MR) is 76.3 cm³/mol. The van der Waals surface area contributed by atoms with Gasteiger partial charge in [-0.15, -0.1) is 0 Å². The Kier molecular flexibility index (Phi) is 4.15. The second-order valence-corrected chi connectivity index (χ2v) is 6.12. The zero-order valence-electron chi connectivity index (χ0n) is 12.2. The lowest BCUT2D eigenvalue weighted by Gasteiger charge is -2.45. The number of hydrogen-bond donors (Lipinski definition) is 1. The third-order valence-corrected chi connectivity index (χ3v) is 5.09. The maximum Gasteiger partial charge on any atom is 0.123 e. The second-order valence-electron chi connectivity index (χ2n) is 6.12. The number of benzene rings is 1. The molecular weight excluding hydrogens is 253 g/mol. The normalized spacial score (nSPS) is 29.4. The number of halogens is 1. The lowest BCUT2D eigenvalue weighted by Crippen LogP contribution is -2.45. The van der Waals surface area contributed by atoms with E-state index in [9.17, 15) is 14.8 Å². The van der Waals surface area contributed by atoms with Crippen LogP contribution in [0, 0.1) is 28.5 Å². The van der Waals surface area contributed by atoms with Gasteiger partial charge < -0.3 is 5.11 Å². The number of aliphatic hydroxyl groups is 1. The molecule has 1 aromatic carbocycles. The third-order valence-electron chi connectivity index (χ3n) is 5.09. The lowest BCUT2D eigenvalue weighted by molar-refractivity contribution is -0.0698. The van der Waals surface area contributed by atoms with Gasteiger partial charge in [-0.05, 0) is 56.2 Å². The van der Waals surface area contributed by atoms with Crippen LogP contribution in [0.3, 0.4) is 0 Å². The number of hydrogen-bond acceptors (Lipinski definition) is 2. The molecule has 20 heavy (non-hydrogen) atoms. The van der Waals surface area contributed by atoms with Gasteiger partial charge in [0.05, 0.1) is 11.5 Å². The summed E-state index contributed by atoms with van der Waals surface area (Å²) in [5.41, 5.74) is -1.39. The van der Waals surface area contributed by atoms with E-state index < -0.39 is 11.0 Å². The van der Waals surface area contributed by atoms with Crippen LogP contribution in [0.1, 0.15) is 51.5 Å². The summed E-state index contributed by atoms with van der Waals surface area (Å²) in [5.74, 6) is 0.325. The van der Waals surface area contributed by atoms with E-state index in [1.165, 1.54) is 12.1 Å². The summed E-state index contributed by atoms with van der Waals surface area (Å²) in [6, 6.07) is 8.22. The van der Waals surface area contributed by atoms with E-state index in [4.69, 9.17) is 0 Å². The van der Waals surface area contributed by atoms with Gasteiger partial charge in [0.15, 0.2) is 0 Å². The van der Waals surface area contributed by atoms with Crippen molar-refractivity contribution in [2.24, 2.45) is 11.3 Å². The molecule has 0 saturated heterocycles. The standard InChI is InChI=1S/C17H22FNO/c1-3-13-8-10-17(12-19,11-9-13)16(2,20)14-4-6-15(18)7-5-14/h4-7,13,20H,3,8-11H2,1-2H3. The molecule has 1 atom stereocenters. The quantitative estimate of drug-likeness (QED) is 0.900. The number of nitrogens with zero attached hydrogens (tertiary/aromatic N) is 1. The van der Waals surface area contributed by atoms with E-state index in [2.05, 4.69) is 13.0 Å².